The Hall–Kier alpha value is -1.44. The van der Waals surface area contributed by atoms with Gasteiger partial charge in [0.25, 0.3) is 5.91 Å². The van der Waals surface area contributed by atoms with Crippen molar-refractivity contribution in [3.63, 3.8) is 0 Å². The lowest BCUT2D eigenvalue weighted by atomic mass is 9.88. The van der Waals surface area contributed by atoms with E-state index in [0.29, 0.717) is 12.6 Å². The lowest BCUT2D eigenvalue weighted by Crippen LogP contribution is -2.59. The summed E-state index contributed by atoms with van der Waals surface area (Å²) in [4.78, 5) is 16.6. The number of amides is 1. The van der Waals surface area contributed by atoms with Crippen LogP contribution in [-0.2, 0) is 21.3 Å². The fourth-order valence-corrected chi connectivity index (χ4v) is 3.91. The summed E-state index contributed by atoms with van der Waals surface area (Å²) >= 11 is 0. The topological polar surface area (TPSA) is 59.8 Å². The zero-order chi connectivity index (χ0) is 15.9. The first-order valence-electron chi connectivity index (χ1n) is 8.40. The van der Waals surface area contributed by atoms with E-state index in [9.17, 15) is 4.79 Å². The van der Waals surface area contributed by atoms with E-state index in [1.165, 1.54) is 0 Å². The molecule has 3 saturated heterocycles. The van der Waals surface area contributed by atoms with Gasteiger partial charge in [-0.25, -0.2) is 0 Å². The summed E-state index contributed by atoms with van der Waals surface area (Å²) in [7, 11) is 1.87. The van der Waals surface area contributed by atoms with E-state index in [4.69, 9.17) is 9.47 Å². The van der Waals surface area contributed by atoms with Crippen LogP contribution in [0.1, 0.15) is 19.3 Å². The number of anilines is 1. The third-order valence-corrected chi connectivity index (χ3v) is 5.38. The van der Waals surface area contributed by atoms with E-state index in [2.05, 4.69) is 10.00 Å². The van der Waals surface area contributed by atoms with Gasteiger partial charge in [0.15, 0.2) is 0 Å². The zero-order valence-corrected chi connectivity index (χ0v) is 13.6. The van der Waals surface area contributed by atoms with Gasteiger partial charge in [-0.15, -0.1) is 0 Å². The number of aromatic nitrogens is 2. The first-order valence-corrected chi connectivity index (χ1v) is 8.40. The molecule has 1 aromatic rings. The maximum Gasteiger partial charge on any atom is 0.253 e. The van der Waals surface area contributed by atoms with Gasteiger partial charge in [0.2, 0.25) is 0 Å². The van der Waals surface area contributed by atoms with Crippen molar-refractivity contribution in [2.45, 2.75) is 30.9 Å². The summed E-state index contributed by atoms with van der Waals surface area (Å²) in [6.07, 6.45) is 6.71. The summed E-state index contributed by atoms with van der Waals surface area (Å²) in [6.45, 7) is 4.57. The van der Waals surface area contributed by atoms with Crippen LogP contribution in [0.2, 0.25) is 0 Å². The molecule has 3 fully saturated rings. The maximum absolute atomic E-state index is 12.2. The Labute approximate surface area is 136 Å². The molecule has 0 unspecified atom stereocenters. The van der Waals surface area contributed by atoms with Gasteiger partial charge in [0, 0.05) is 39.0 Å². The summed E-state index contributed by atoms with van der Waals surface area (Å²) in [6, 6.07) is 0.562. The summed E-state index contributed by atoms with van der Waals surface area (Å²) in [5, 5.41) is 4.18. The predicted molar refractivity (Wildman–Crippen MR) is 84.3 cm³/mol. The largest absolute Gasteiger partial charge is 0.380 e. The number of carbonyl (C=O) groups excluding carboxylic acids is 1. The van der Waals surface area contributed by atoms with Gasteiger partial charge in [0.05, 0.1) is 30.6 Å². The second-order valence-electron chi connectivity index (χ2n) is 6.88. The highest BCUT2D eigenvalue weighted by molar-refractivity contribution is 5.94. The van der Waals surface area contributed by atoms with Crippen molar-refractivity contribution in [3.8, 4) is 0 Å². The minimum Gasteiger partial charge on any atom is -0.380 e. The number of piperidine rings is 1. The van der Waals surface area contributed by atoms with Crippen LogP contribution in [0.5, 0.6) is 0 Å². The van der Waals surface area contributed by atoms with Crippen LogP contribution < -0.4 is 4.90 Å². The summed E-state index contributed by atoms with van der Waals surface area (Å²) < 4.78 is 13.2. The molecule has 0 N–H and O–H groups in total. The minimum absolute atomic E-state index is 0.0234. The van der Waals surface area contributed by atoms with Crippen molar-refractivity contribution in [1.82, 2.24) is 14.7 Å². The van der Waals surface area contributed by atoms with Gasteiger partial charge in [0.1, 0.15) is 6.61 Å². The number of hydrogen-bond acceptors (Lipinski definition) is 5. The van der Waals surface area contributed by atoms with Crippen LogP contribution >= 0.6 is 0 Å². The number of ether oxygens (including phenoxy) is 2. The molecule has 126 valence electrons. The van der Waals surface area contributed by atoms with Crippen molar-refractivity contribution in [2.24, 2.45) is 7.05 Å². The molecule has 1 amide bonds. The fraction of sp³-hybridized carbons (Fsp3) is 0.750. The van der Waals surface area contributed by atoms with Gasteiger partial charge in [-0.3, -0.25) is 14.4 Å². The molecular weight excluding hydrogens is 296 g/mol. The fourth-order valence-electron chi connectivity index (χ4n) is 3.91. The Morgan fingerprint density at radius 2 is 2.17 bits per heavy atom. The van der Waals surface area contributed by atoms with Crippen LogP contribution in [0, 0.1) is 0 Å². The zero-order valence-electron chi connectivity index (χ0n) is 13.6. The van der Waals surface area contributed by atoms with Crippen molar-refractivity contribution in [2.75, 3.05) is 44.4 Å². The Bertz CT molecular complexity index is 574. The van der Waals surface area contributed by atoms with Crippen molar-refractivity contribution in [1.29, 1.82) is 0 Å². The highest BCUT2D eigenvalue weighted by Crippen LogP contribution is 2.33. The molecule has 7 heteroatoms. The molecule has 23 heavy (non-hydrogen) atoms. The summed E-state index contributed by atoms with van der Waals surface area (Å²) in [5.74, 6) is 0.0234. The molecule has 1 spiro atoms. The highest BCUT2D eigenvalue weighted by atomic mass is 16.5. The van der Waals surface area contributed by atoms with Crippen molar-refractivity contribution in [3.05, 3.63) is 12.4 Å². The molecule has 1 atom stereocenters. The second kappa shape index (κ2) is 5.89. The Balaban J connectivity index is 1.44. The second-order valence-corrected chi connectivity index (χ2v) is 6.88. The molecule has 3 aliphatic rings. The Morgan fingerprint density at radius 3 is 2.83 bits per heavy atom. The molecule has 0 aliphatic carbocycles. The average molecular weight is 320 g/mol. The number of rotatable bonds is 2. The van der Waals surface area contributed by atoms with Gasteiger partial charge in [-0.2, -0.15) is 5.10 Å². The third kappa shape index (κ3) is 2.88. The molecule has 7 nitrogen and oxygen atoms in total. The van der Waals surface area contributed by atoms with E-state index < -0.39 is 0 Å². The molecule has 0 aromatic carbocycles. The summed E-state index contributed by atoms with van der Waals surface area (Å²) in [5.41, 5.74) is 0.659. The third-order valence-electron chi connectivity index (χ3n) is 5.38. The van der Waals surface area contributed by atoms with Gasteiger partial charge in [-0.1, -0.05) is 0 Å². The number of likely N-dealkylation sites (tertiary alicyclic amines) is 1. The van der Waals surface area contributed by atoms with Crippen LogP contribution in [0.25, 0.3) is 0 Å². The van der Waals surface area contributed by atoms with E-state index in [-0.39, 0.29) is 18.1 Å². The number of carbonyl (C=O) groups is 1. The first kappa shape index (κ1) is 15.1. The van der Waals surface area contributed by atoms with Crippen LogP contribution in [0.15, 0.2) is 12.4 Å². The van der Waals surface area contributed by atoms with E-state index in [1.807, 2.05) is 18.1 Å². The molecule has 0 radical (unpaired) electrons. The molecule has 3 aliphatic heterocycles. The smallest absolute Gasteiger partial charge is 0.253 e. The van der Waals surface area contributed by atoms with Crippen molar-refractivity contribution >= 4 is 11.6 Å². The van der Waals surface area contributed by atoms with Crippen LogP contribution in [-0.4, -0.2) is 71.7 Å². The molecular formula is C16H24N4O3. The quantitative estimate of drug-likeness (QED) is 0.790. The molecule has 1 aromatic heterocycles. The van der Waals surface area contributed by atoms with Gasteiger partial charge in [-0.05, 0) is 19.3 Å². The van der Waals surface area contributed by atoms with E-state index >= 15 is 0 Å². The Kier molecular flexibility index (Phi) is 3.87. The number of hydrogen-bond donors (Lipinski definition) is 0. The minimum atomic E-state index is -0.209. The number of aryl methyl sites for hydroxylation is 1. The van der Waals surface area contributed by atoms with Gasteiger partial charge < -0.3 is 14.4 Å². The molecule has 0 bridgehead atoms. The van der Waals surface area contributed by atoms with E-state index in [1.54, 1.807) is 10.9 Å². The van der Waals surface area contributed by atoms with Crippen LogP contribution in [0.3, 0.4) is 0 Å². The maximum atomic E-state index is 12.2. The lowest BCUT2D eigenvalue weighted by Gasteiger charge is -2.47. The van der Waals surface area contributed by atoms with Crippen LogP contribution in [0.4, 0.5) is 5.69 Å². The lowest BCUT2D eigenvalue weighted by molar-refractivity contribution is -0.145. The molecule has 4 rings (SSSR count). The van der Waals surface area contributed by atoms with Gasteiger partial charge >= 0.3 is 0 Å². The Morgan fingerprint density at radius 1 is 1.35 bits per heavy atom. The highest BCUT2D eigenvalue weighted by Gasteiger charge is 2.44. The standard InChI is InChI=1S/C16H24N4O3/c1-18-9-14(8-17-18)20-12-16(23-11-15(20)21)3-5-19(6-4-16)13-2-7-22-10-13/h8-9,13H,2-7,10-12H2,1H3/t13-/m1/s1. The number of nitrogens with zero attached hydrogens (tertiary/aromatic N) is 4. The first-order chi connectivity index (χ1) is 11.2. The normalized spacial score (nSPS) is 28.7. The monoisotopic (exact) mass is 320 g/mol. The molecule has 4 heterocycles. The van der Waals surface area contributed by atoms with E-state index in [0.717, 1.165) is 51.3 Å². The van der Waals surface area contributed by atoms with Crippen molar-refractivity contribution < 1.29 is 14.3 Å². The molecule has 0 saturated carbocycles. The number of morpholine rings is 1. The SMILES string of the molecule is Cn1cc(N2CC3(CCN([C@@H]4CCOC4)CC3)OCC2=O)cn1. The predicted octanol–water partition coefficient (Wildman–Crippen LogP) is 0.407. The average Bonchev–Trinajstić information content (AvgIpc) is 3.22.